The standard InChI is InChI=1S/C20H22N4O3/c1-3-10-27-17-6-4-15(5-7-17)18(25)23-13-20(14-23)8-9-24(20)19(26)16-11-21-22(2)12-16/h3-7,11-12H,1,8-10,13-14H2,2H3. The van der Waals surface area contributed by atoms with Crippen LogP contribution in [-0.2, 0) is 7.05 Å². The van der Waals surface area contributed by atoms with Gasteiger partial charge in [-0.15, -0.1) is 0 Å². The van der Waals surface area contributed by atoms with Gasteiger partial charge in [0.15, 0.2) is 0 Å². The van der Waals surface area contributed by atoms with Crippen LogP contribution in [-0.4, -0.2) is 63.2 Å². The lowest BCUT2D eigenvalue weighted by Gasteiger charge is -2.62. The van der Waals surface area contributed by atoms with Gasteiger partial charge in [-0.25, -0.2) is 0 Å². The number of benzene rings is 1. The van der Waals surface area contributed by atoms with Crippen LogP contribution >= 0.6 is 0 Å². The predicted octanol–water partition coefficient (Wildman–Crippen LogP) is 1.73. The summed E-state index contributed by atoms with van der Waals surface area (Å²) < 4.78 is 7.06. The quantitative estimate of drug-likeness (QED) is 0.756. The molecule has 140 valence electrons. The fourth-order valence-electron chi connectivity index (χ4n) is 3.71. The fourth-order valence-corrected chi connectivity index (χ4v) is 3.71. The number of likely N-dealkylation sites (tertiary alicyclic amines) is 2. The maximum atomic E-state index is 12.7. The summed E-state index contributed by atoms with van der Waals surface area (Å²) in [6.07, 6.45) is 5.92. The molecule has 0 radical (unpaired) electrons. The molecule has 7 heteroatoms. The normalized spacial score (nSPS) is 17.2. The number of aromatic nitrogens is 2. The van der Waals surface area contributed by atoms with Crippen molar-refractivity contribution in [3.63, 3.8) is 0 Å². The van der Waals surface area contributed by atoms with Crippen LogP contribution in [0.5, 0.6) is 5.75 Å². The zero-order valence-electron chi connectivity index (χ0n) is 15.3. The van der Waals surface area contributed by atoms with Gasteiger partial charge in [-0.2, -0.15) is 5.10 Å². The largest absolute Gasteiger partial charge is 0.490 e. The van der Waals surface area contributed by atoms with E-state index >= 15 is 0 Å². The number of hydrogen-bond acceptors (Lipinski definition) is 4. The second-order valence-electron chi connectivity index (χ2n) is 7.12. The summed E-state index contributed by atoms with van der Waals surface area (Å²) in [7, 11) is 1.79. The summed E-state index contributed by atoms with van der Waals surface area (Å²) in [5, 5.41) is 4.07. The number of carbonyl (C=O) groups excluding carboxylic acids is 2. The highest BCUT2D eigenvalue weighted by atomic mass is 16.5. The van der Waals surface area contributed by atoms with Gasteiger partial charge in [-0.05, 0) is 30.7 Å². The molecule has 1 aromatic heterocycles. The number of rotatable bonds is 5. The monoisotopic (exact) mass is 366 g/mol. The Morgan fingerprint density at radius 1 is 1.22 bits per heavy atom. The first-order valence-corrected chi connectivity index (χ1v) is 8.96. The van der Waals surface area contributed by atoms with E-state index in [1.807, 2.05) is 4.90 Å². The second-order valence-corrected chi connectivity index (χ2v) is 7.12. The van der Waals surface area contributed by atoms with Crippen molar-refractivity contribution in [1.82, 2.24) is 19.6 Å². The summed E-state index contributed by atoms with van der Waals surface area (Å²) in [5.74, 6) is 0.681. The van der Waals surface area contributed by atoms with Crippen LogP contribution in [0, 0.1) is 0 Å². The predicted molar refractivity (Wildman–Crippen MR) is 99.6 cm³/mol. The van der Waals surface area contributed by atoms with Crippen molar-refractivity contribution in [2.45, 2.75) is 12.0 Å². The van der Waals surface area contributed by atoms with Crippen LogP contribution in [0.3, 0.4) is 0 Å². The molecular formula is C20H22N4O3. The molecular weight excluding hydrogens is 344 g/mol. The van der Waals surface area contributed by atoms with Crippen molar-refractivity contribution in [2.75, 3.05) is 26.2 Å². The van der Waals surface area contributed by atoms with E-state index in [0.29, 0.717) is 36.6 Å². The lowest BCUT2D eigenvalue weighted by atomic mass is 9.76. The molecule has 0 saturated carbocycles. The average Bonchev–Trinajstić information content (AvgIpc) is 3.05. The zero-order chi connectivity index (χ0) is 19.0. The third-order valence-corrected chi connectivity index (χ3v) is 5.30. The van der Waals surface area contributed by atoms with Gasteiger partial charge in [-0.3, -0.25) is 14.3 Å². The minimum atomic E-state index is -0.213. The molecule has 1 aromatic carbocycles. The molecule has 0 atom stereocenters. The second kappa shape index (κ2) is 6.57. The topological polar surface area (TPSA) is 67.7 Å². The molecule has 3 heterocycles. The maximum absolute atomic E-state index is 12.7. The Hall–Kier alpha value is -3.09. The van der Waals surface area contributed by atoms with Gasteiger partial charge in [0.05, 0.1) is 17.3 Å². The number of nitrogens with zero attached hydrogens (tertiary/aromatic N) is 4. The summed E-state index contributed by atoms with van der Waals surface area (Å²) >= 11 is 0. The smallest absolute Gasteiger partial charge is 0.257 e. The van der Waals surface area contributed by atoms with E-state index in [-0.39, 0.29) is 17.4 Å². The van der Waals surface area contributed by atoms with Crippen LogP contribution < -0.4 is 4.74 Å². The van der Waals surface area contributed by atoms with Gasteiger partial charge in [0, 0.05) is 38.4 Å². The van der Waals surface area contributed by atoms with E-state index in [1.165, 1.54) is 0 Å². The molecule has 2 aromatic rings. The Kier molecular flexibility index (Phi) is 4.22. The summed E-state index contributed by atoms with van der Waals surface area (Å²) in [4.78, 5) is 29.0. The average molecular weight is 366 g/mol. The highest BCUT2D eigenvalue weighted by molar-refractivity contribution is 5.97. The maximum Gasteiger partial charge on any atom is 0.257 e. The van der Waals surface area contributed by atoms with Gasteiger partial charge < -0.3 is 14.5 Å². The molecule has 0 unspecified atom stereocenters. The highest BCUT2D eigenvalue weighted by Gasteiger charge is 2.56. The number of ether oxygens (including phenoxy) is 1. The van der Waals surface area contributed by atoms with Crippen molar-refractivity contribution in [3.05, 3.63) is 60.4 Å². The minimum Gasteiger partial charge on any atom is -0.490 e. The van der Waals surface area contributed by atoms with Gasteiger partial charge >= 0.3 is 0 Å². The van der Waals surface area contributed by atoms with Crippen LogP contribution in [0.25, 0.3) is 0 Å². The first-order valence-electron chi connectivity index (χ1n) is 8.96. The number of aryl methyl sites for hydroxylation is 1. The summed E-state index contributed by atoms with van der Waals surface area (Å²) in [5.41, 5.74) is 1.01. The molecule has 2 aliphatic rings. The number of hydrogen-bond donors (Lipinski definition) is 0. The SMILES string of the molecule is C=CCOc1ccc(C(=O)N2CC3(CCN3C(=O)c3cnn(C)c3)C2)cc1. The molecule has 2 fully saturated rings. The molecule has 0 N–H and O–H groups in total. The minimum absolute atomic E-state index is 0.00910. The van der Waals surface area contributed by atoms with E-state index in [4.69, 9.17) is 4.74 Å². The van der Waals surface area contributed by atoms with Gasteiger partial charge in [-0.1, -0.05) is 12.7 Å². The van der Waals surface area contributed by atoms with E-state index in [1.54, 1.807) is 59.4 Å². The van der Waals surface area contributed by atoms with E-state index in [2.05, 4.69) is 11.7 Å². The third-order valence-electron chi connectivity index (χ3n) is 5.30. The van der Waals surface area contributed by atoms with Crippen LogP contribution in [0.1, 0.15) is 27.1 Å². The first kappa shape index (κ1) is 17.3. The molecule has 1 spiro atoms. The van der Waals surface area contributed by atoms with Crippen LogP contribution in [0.15, 0.2) is 49.3 Å². The molecule has 27 heavy (non-hydrogen) atoms. The van der Waals surface area contributed by atoms with E-state index < -0.39 is 0 Å². The van der Waals surface area contributed by atoms with Crippen molar-refractivity contribution < 1.29 is 14.3 Å². The lowest BCUT2D eigenvalue weighted by molar-refractivity contribution is -0.0848. The van der Waals surface area contributed by atoms with Gasteiger partial charge in [0.2, 0.25) is 0 Å². The van der Waals surface area contributed by atoms with Crippen molar-refractivity contribution in [1.29, 1.82) is 0 Å². The molecule has 4 rings (SSSR count). The van der Waals surface area contributed by atoms with Crippen molar-refractivity contribution in [3.8, 4) is 5.75 Å². The summed E-state index contributed by atoms with van der Waals surface area (Å²) in [6, 6.07) is 7.11. The first-order chi connectivity index (χ1) is 13.0. The zero-order valence-corrected chi connectivity index (χ0v) is 15.3. The van der Waals surface area contributed by atoms with Gasteiger partial charge in [0.25, 0.3) is 11.8 Å². The van der Waals surface area contributed by atoms with Crippen LogP contribution in [0.4, 0.5) is 0 Å². The summed E-state index contributed by atoms with van der Waals surface area (Å²) in [6.45, 7) is 5.92. The highest BCUT2D eigenvalue weighted by Crippen LogP contribution is 2.40. The number of amides is 2. The van der Waals surface area contributed by atoms with Crippen molar-refractivity contribution in [2.24, 2.45) is 7.05 Å². The Morgan fingerprint density at radius 2 is 1.96 bits per heavy atom. The van der Waals surface area contributed by atoms with Crippen molar-refractivity contribution >= 4 is 11.8 Å². The Balaban J connectivity index is 1.37. The molecule has 7 nitrogen and oxygen atoms in total. The molecule has 0 aliphatic carbocycles. The fraction of sp³-hybridized carbons (Fsp3) is 0.350. The Labute approximate surface area is 157 Å². The van der Waals surface area contributed by atoms with Gasteiger partial charge in [0.1, 0.15) is 12.4 Å². The van der Waals surface area contributed by atoms with E-state index in [0.717, 1.165) is 13.0 Å². The molecule has 2 saturated heterocycles. The van der Waals surface area contributed by atoms with Crippen LogP contribution in [0.2, 0.25) is 0 Å². The molecule has 0 bridgehead atoms. The lowest BCUT2D eigenvalue weighted by Crippen LogP contribution is -2.78. The Morgan fingerprint density at radius 3 is 2.52 bits per heavy atom. The van der Waals surface area contributed by atoms with E-state index in [9.17, 15) is 9.59 Å². The molecule has 2 aliphatic heterocycles. The number of carbonyl (C=O) groups is 2. The Bertz CT molecular complexity index is 881. The molecule has 2 amide bonds. The third kappa shape index (κ3) is 2.99.